The fourth-order valence-electron chi connectivity index (χ4n) is 1.71. The highest BCUT2D eigenvalue weighted by molar-refractivity contribution is 14.0. The molecular formula is C13H20IN3S. The molecule has 0 bridgehead atoms. The second-order valence-electron chi connectivity index (χ2n) is 4.90. The molecule has 0 aromatic carbocycles. The predicted molar refractivity (Wildman–Crippen MR) is 88.1 cm³/mol. The van der Waals surface area contributed by atoms with Crippen molar-refractivity contribution in [1.82, 2.24) is 10.6 Å². The van der Waals surface area contributed by atoms with Crippen molar-refractivity contribution in [2.45, 2.75) is 44.2 Å². The van der Waals surface area contributed by atoms with Crippen LogP contribution >= 0.6 is 35.3 Å². The van der Waals surface area contributed by atoms with Crippen molar-refractivity contribution in [2.24, 2.45) is 4.99 Å². The van der Waals surface area contributed by atoms with Crippen molar-refractivity contribution < 1.29 is 0 Å². The predicted octanol–water partition coefficient (Wildman–Crippen LogP) is 2.77. The number of guanidine groups is 1. The molecule has 18 heavy (non-hydrogen) atoms. The zero-order valence-electron chi connectivity index (χ0n) is 10.4. The molecule has 0 radical (unpaired) electrons. The molecule has 0 aliphatic heterocycles. The summed E-state index contributed by atoms with van der Waals surface area (Å²) in [6.45, 7) is 0.884. The fraction of sp³-hybridized carbons (Fsp3) is 0.615. The van der Waals surface area contributed by atoms with E-state index >= 15 is 0 Å². The highest BCUT2D eigenvalue weighted by Crippen LogP contribution is 2.21. The highest BCUT2D eigenvalue weighted by atomic mass is 127. The van der Waals surface area contributed by atoms with Crippen molar-refractivity contribution in [2.75, 3.05) is 6.54 Å². The van der Waals surface area contributed by atoms with E-state index in [0.717, 1.165) is 18.9 Å². The standard InChI is InChI=1S/C13H19N3S.HI/c1-2-12(17-9-1)7-8-14-13(15-10-3-4-10)16-11-5-6-11;/h1-2,9-11H,3-8H2,(H2,14,15,16);1H. The lowest BCUT2D eigenvalue weighted by atomic mass is 10.3. The van der Waals surface area contributed by atoms with Crippen LogP contribution in [0.4, 0.5) is 0 Å². The van der Waals surface area contributed by atoms with Crippen molar-refractivity contribution in [3.63, 3.8) is 0 Å². The Morgan fingerprint density at radius 2 is 1.89 bits per heavy atom. The Morgan fingerprint density at radius 3 is 2.39 bits per heavy atom. The van der Waals surface area contributed by atoms with E-state index in [1.165, 1.54) is 30.6 Å². The van der Waals surface area contributed by atoms with Crippen LogP contribution in [-0.2, 0) is 6.42 Å². The normalized spacial score (nSPS) is 17.8. The number of halogens is 1. The van der Waals surface area contributed by atoms with Gasteiger partial charge in [0, 0.05) is 29.9 Å². The van der Waals surface area contributed by atoms with Gasteiger partial charge in [-0.15, -0.1) is 35.3 Å². The Kier molecular flexibility index (Phi) is 5.29. The van der Waals surface area contributed by atoms with E-state index in [1.807, 2.05) is 11.3 Å². The van der Waals surface area contributed by atoms with Crippen LogP contribution < -0.4 is 10.6 Å². The maximum Gasteiger partial charge on any atom is 0.191 e. The number of rotatable bonds is 5. The van der Waals surface area contributed by atoms with Gasteiger partial charge in [-0.1, -0.05) is 6.07 Å². The van der Waals surface area contributed by atoms with Gasteiger partial charge in [-0.3, -0.25) is 4.99 Å². The molecule has 100 valence electrons. The number of hydrogen-bond donors (Lipinski definition) is 2. The highest BCUT2D eigenvalue weighted by Gasteiger charge is 2.26. The van der Waals surface area contributed by atoms with Crippen LogP contribution in [0.1, 0.15) is 30.6 Å². The number of nitrogens with zero attached hydrogens (tertiary/aromatic N) is 1. The molecule has 0 unspecified atom stereocenters. The maximum absolute atomic E-state index is 4.66. The maximum atomic E-state index is 4.66. The number of aliphatic imine (C=N–C) groups is 1. The van der Waals surface area contributed by atoms with Gasteiger partial charge < -0.3 is 10.6 Å². The van der Waals surface area contributed by atoms with E-state index in [2.05, 4.69) is 33.1 Å². The van der Waals surface area contributed by atoms with Crippen molar-refractivity contribution in [3.8, 4) is 0 Å². The Hall–Kier alpha value is -0.300. The third kappa shape index (κ3) is 4.76. The minimum absolute atomic E-state index is 0. The van der Waals surface area contributed by atoms with E-state index in [9.17, 15) is 0 Å². The lowest BCUT2D eigenvalue weighted by Gasteiger charge is -2.10. The average Bonchev–Trinajstić information content (AvgIpc) is 3.23. The van der Waals surface area contributed by atoms with Crippen molar-refractivity contribution >= 4 is 41.3 Å². The summed E-state index contributed by atoms with van der Waals surface area (Å²) < 4.78 is 0. The first kappa shape index (κ1) is 14.1. The summed E-state index contributed by atoms with van der Waals surface area (Å²) in [6.07, 6.45) is 6.26. The van der Waals surface area contributed by atoms with Gasteiger partial charge in [0.05, 0.1) is 0 Å². The molecule has 1 aromatic heterocycles. The molecule has 2 aliphatic carbocycles. The van der Waals surface area contributed by atoms with E-state index in [-0.39, 0.29) is 24.0 Å². The van der Waals surface area contributed by atoms with Gasteiger partial charge in [0.15, 0.2) is 5.96 Å². The molecule has 0 amide bonds. The van der Waals surface area contributed by atoms with Gasteiger partial charge in [0.25, 0.3) is 0 Å². The second kappa shape index (κ2) is 6.75. The average molecular weight is 377 g/mol. The minimum Gasteiger partial charge on any atom is -0.354 e. The minimum atomic E-state index is 0. The van der Waals surface area contributed by atoms with E-state index in [4.69, 9.17) is 0 Å². The summed E-state index contributed by atoms with van der Waals surface area (Å²) in [7, 11) is 0. The van der Waals surface area contributed by atoms with Gasteiger partial charge in [-0.05, 0) is 37.1 Å². The largest absolute Gasteiger partial charge is 0.354 e. The molecule has 3 nitrogen and oxygen atoms in total. The van der Waals surface area contributed by atoms with Crippen molar-refractivity contribution in [1.29, 1.82) is 0 Å². The Bertz CT molecular complexity index is 367. The van der Waals surface area contributed by atoms with E-state index in [0.29, 0.717) is 12.1 Å². The van der Waals surface area contributed by atoms with E-state index < -0.39 is 0 Å². The third-order valence-corrected chi connectivity index (χ3v) is 3.98. The monoisotopic (exact) mass is 377 g/mol. The van der Waals surface area contributed by atoms with E-state index in [1.54, 1.807) is 0 Å². The summed E-state index contributed by atoms with van der Waals surface area (Å²) in [5.74, 6) is 1.03. The molecule has 1 aromatic rings. The smallest absolute Gasteiger partial charge is 0.191 e. The molecule has 2 fully saturated rings. The molecule has 1 heterocycles. The third-order valence-electron chi connectivity index (χ3n) is 3.04. The van der Waals surface area contributed by atoms with Crippen LogP contribution in [0, 0.1) is 0 Å². The van der Waals surface area contributed by atoms with Gasteiger partial charge in [0.1, 0.15) is 0 Å². The lowest BCUT2D eigenvalue weighted by Crippen LogP contribution is -2.40. The molecule has 2 saturated carbocycles. The molecule has 0 atom stereocenters. The first-order chi connectivity index (χ1) is 8.40. The molecule has 5 heteroatoms. The SMILES string of the molecule is I.c1csc(CCN=C(NC2CC2)NC2CC2)c1. The molecule has 2 N–H and O–H groups in total. The molecule has 0 spiro atoms. The summed E-state index contributed by atoms with van der Waals surface area (Å²) in [5, 5.41) is 9.10. The summed E-state index contributed by atoms with van der Waals surface area (Å²) >= 11 is 1.82. The van der Waals surface area contributed by atoms with Crippen LogP contribution in [0.3, 0.4) is 0 Å². The molecular weight excluding hydrogens is 357 g/mol. The quantitative estimate of drug-likeness (QED) is 0.470. The first-order valence-corrected chi connectivity index (χ1v) is 7.38. The summed E-state index contributed by atoms with van der Waals surface area (Å²) in [5.41, 5.74) is 0. The summed E-state index contributed by atoms with van der Waals surface area (Å²) in [4.78, 5) is 6.08. The van der Waals surface area contributed by atoms with Crippen LogP contribution in [0.25, 0.3) is 0 Å². The Morgan fingerprint density at radius 1 is 1.22 bits per heavy atom. The van der Waals surface area contributed by atoms with Crippen LogP contribution in [-0.4, -0.2) is 24.6 Å². The van der Waals surface area contributed by atoms with Crippen LogP contribution in [0.2, 0.25) is 0 Å². The first-order valence-electron chi connectivity index (χ1n) is 6.50. The number of nitrogens with one attached hydrogen (secondary N) is 2. The Balaban J connectivity index is 0.00000120. The fourth-order valence-corrected chi connectivity index (χ4v) is 2.41. The molecule has 2 aliphatic rings. The zero-order chi connectivity index (χ0) is 11.5. The summed E-state index contributed by atoms with van der Waals surface area (Å²) in [6, 6.07) is 5.65. The second-order valence-corrected chi connectivity index (χ2v) is 5.93. The molecule has 3 rings (SSSR count). The van der Waals surface area contributed by atoms with Crippen LogP contribution in [0.5, 0.6) is 0 Å². The Labute approximate surface area is 129 Å². The zero-order valence-corrected chi connectivity index (χ0v) is 13.5. The van der Waals surface area contributed by atoms with Gasteiger partial charge in [0.2, 0.25) is 0 Å². The van der Waals surface area contributed by atoms with Gasteiger partial charge in [-0.25, -0.2) is 0 Å². The molecule has 0 saturated heterocycles. The number of hydrogen-bond acceptors (Lipinski definition) is 2. The topological polar surface area (TPSA) is 36.4 Å². The van der Waals surface area contributed by atoms with Gasteiger partial charge >= 0.3 is 0 Å². The van der Waals surface area contributed by atoms with Crippen LogP contribution in [0.15, 0.2) is 22.5 Å². The number of thiophene rings is 1. The van der Waals surface area contributed by atoms with Gasteiger partial charge in [-0.2, -0.15) is 0 Å². The van der Waals surface area contributed by atoms with Crippen molar-refractivity contribution in [3.05, 3.63) is 22.4 Å². The lowest BCUT2D eigenvalue weighted by molar-refractivity contribution is 0.789.